The number of hydrogen-bond donors (Lipinski definition) is 0. The van der Waals surface area contributed by atoms with E-state index in [2.05, 4.69) is 16.0 Å². The predicted molar refractivity (Wildman–Crippen MR) is 103 cm³/mol. The molecule has 1 aromatic heterocycles. The second-order valence-electron chi connectivity index (χ2n) is 6.67. The fraction of sp³-hybridized carbons (Fsp3) is 0.182. The molecule has 0 spiro atoms. The molecule has 0 aliphatic carbocycles. The van der Waals surface area contributed by atoms with Crippen molar-refractivity contribution in [1.29, 1.82) is 0 Å². The monoisotopic (exact) mass is 341 g/mol. The van der Waals surface area contributed by atoms with Crippen LogP contribution in [0.2, 0.25) is 0 Å². The minimum Gasteiger partial charge on any atom is -0.267 e. The maximum absolute atomic E-state index is 12.3. The van der Waals surface area contributed by atoms with Crippen LogP contribution in [-0.2, 0) is 12.8 Å². The number of hydrogen-bond acceptors (Lipinski definition) is 3. The van der Waals surface area contributed by atoms with E-state index in [0.717, 1.165) is 33.8 Å². The third-order valence-electron chi connectivity index (χ3n) is 4.48. The Balaban J connectivity index is 1.64. The van der Waals surface area contributed by atoms with E-state index >= 15 is 0 Å². The number of carbonyl (C=O) groups is 1. The average Bonchev–Trinajstić information content (AvgIpc) is 2.61. The molecule has 1 aliphatic heterocycles. The molecule has 1 amide bonds. The highest BCUT2D eigenvalue weighted by molar-refractivity contribution is 6.09. The van der Waals surface area contributed by atoms with E-state index < -0.39 is 0 Å². The van der Waals surface area contributed by atoms with Crippen LogP contribution in [0.25, 0.3) is 11.3 Å². The molecule has 1 aliphatic rings. The van der Waals surface area contributed by atoms with Gasteiger partial charge in [-0.2, -0.15) is 0 Å². The molecule has 4 rings (SSSR count). The van der Waals surface area contributed by atoms with Gasteiger partial charge in [-0.15, -0.1) is 0 Å². The Morgan fingerprint density at radius 1 is 0.962 bits per heavy atom. The molecule has 0 radical (unpaired) electrons. The van der Waals surface area contributed by atoms with Crippen LogP contribution in [0.4, 0.5) is 0 Å². The highest BCUT2D eigenvalue weighted by Crippen LogP contribution is 2.21. The van der Waals surface area contributed by atoms with E-state index in [4.69, 9.17) is 4.98 Å². The lowest BCUT2D eigenvalue weighted by Gasteiger charge is -2.15. The second kappa shape index (κ2) is 6.64. The van der Waals surface area contributed by atoms with Gasteiger partial charge in [-0.3, -0.25) is 4.79 Å². The maximum atomic E-state index is 12.3. The zero-order valence-electron chi connectivity index (χ0n) is 14.9. The summed E-state index contributed by atoms with van der Waals surface area (Å²) in [5, 5.41) is 0. The summed E-state index contributed by atoms with van der Waals surface area (Å²) in [6.45, 7) is 4.00. The van der Waals surface area contributed by atoms with E-state index in [-0.39, 0.29) is 5.91 Å². The molecule has 0 unspecified atom stereocenters. The van der Waals surface area contributed by atoms with Crippen molar-refractivity contribution < 1.29 is 4.79 Å². The third kappa shape index (κ3) is 3.31. The molecular weight excluding hydrogens is 322 g/mol. The number of carbonyl (C=O) groups excluding carboxylic acids is 1. The topological polar surface area (TPSA) is 55.2 Å². The first-order valence-electron chi connectivity index (χ1n) is 8.69. The molecule has 26 heavy (non-hydrogen) atoms. The normalized spacial score (nSPS) is 13.3. The Morgan fingerprint density at radius 2 is 1.77 bits per heavy atom. The van der Waals surface area contributed by atoms with Gasteiger partial charge in [0, 0.05) is 35.4 Å². The van der Waals surface area contributed by atoms with Crippen LogP contribution in [0.15, 0.2) is 59.6 Å². The summed E-state index contributed by atoms with van der Waals surface area (Å²) in [5.41, 5.74) is 6.57. The van der Waals surface area contributed by atoms with Gasteiger partial charge in [0.1, 0.15) is 5.82 Å². The first kappa shape index (κ1) is 16.3. The highest BCUT2D eigenvalue weighted by Gasteiger charge is 2.20. The molecular formula is C22H19N3O. The molecule has 4 heteroatoms. The number of nitrogens with zero attached hydrogens (tertiary/aromatic N) is 3. The maximum Gasteiger partial charge on any atom is 0.277 e. The van der Waals surface area contributed by atoms with Gasteiger partial charge in [0.2, 0.25) is 0 Å². The van der Waals surface area contributed by atoms with E-state index in [1.165, 1.54) is 0 Å². The summed E-state index contributed by atoms with van der Waals surface area (Å²) in [6.07, 6.45) is 1.15. The first-order valence-corrected chi connectivity index (χ1v) is 8.69. The van der Waals surface area contributed by atoms with Gasteiger partial charge in [-0.05, 0) is 31.5 Å². The number of aliphatic imine (C=N–C) groups is 1. The fourth-order valence-electron chi connectivity index (χ4n) is 3.29. The van der Waals surface area contributed by atoms with Gasteiger partial charge in [-0.25, -0.2) is 15.0 Å². The Bertz CT molecular complexity index is 1020. The largest absolute Gasteiger partial charge is 0.277 e. The zero-order valence-corrected chi connectivity index (χ0v) is 14.9. The van der Waals surface area contributed by atoms with E-state index in [9.17, 15) is 4.79 Å². The summed E-state index contributed by atoms with van der Waals surface area (Å²) in [5.74, 6) is 0.531. The Labute approximate surface area is 152 Å². The van der Waals surface area contributed by atoms with Crippen molar-refractivity contribution in [3.05, 3.63) is 82.8 Å². The number of amides is 1. The van der Waals surface area contributed by atoms with Crippen molar-refractivity contribution in [3.8, 4) is 11.3 Å². The van der Waals surface area contributed by atoms with Crippen molar-refractivity contribution in [3.63, 3.8) is 0 Å². The fourth-order valence-corrected chi connectivity index (χ4v) is 3.29. The number of rotatable bonds is 3. The van der Waals surface area contributed by atoms with Gasteiger partial charge >= 0.3 is 0 Å². The van der Waals surface area contributed by atoms with Gasteiger partial charge < -0.3 is 0 Å². The van der Waals surface area contributed by atoms with Gasteiger partial charge in [0.25, 0.3) is 5.91 Å². The summed E-state index contributed by atoms with van der Waals surface area (Å²) in [6, 6.07) is 17.9. The van der Waals surface area contributed by atoms with Crippen LogP contribution >= 0.6 is 0 Å². The van der Waals surface area contributed by atoms with Crippen LogP contribution in [0.1, 0.15) is 33.0 Å². The van der Waals surface area contributed by atoms with E-state index in [1.807, 2.05) is 62.4 Å². The summed E-state index contributed by atoms with van der Waals surface area (Å²) in [4.78, 5) is 25.8. The molecule has 128 valence electrons. The minimum atomic E-state index is -0.169. The zero-order chi connectivity index (χ0) is 18.1. The van der Waals surface area contributed by atoms with Gasteiger partial charge in [0.05, 0.1) is 5.69 Å². The first-order chi connectivity index (χ1) is 12.6. The van der Waals surface area contributed by atoms with Crippen LogP contribution in [0.3, 0.4) is 0 Å². The van der Waals surface area contributed by atoms with Crippen LogP contribution in [0.5, 0.6) is 0 Å². The van der Waals surface area contributed by atoms with E-state index in [0.29, 0.717) is 24.2 Å². The van der Waals surface area contributed by atoms with Gasteiger partial charge in [-0.1, -0.05) is 48.0 Å². The van der Waals surface area contributed by atoms with Crippen LogP contribution < -0.4 is 0 Å². The summed E-state index contributed by atoms with van der Waals surface area (Å²) in [7, 11) is 0. The molecule has 0 N–H and O–H groups in total. The smallest absolute Gasteiger partial charge is 0.267 e. The predicted octanol–water partition coefficient (Wildman–Crippen LogP) is 4.14. The molecule has 2 heterocycles. The molecule has 3 aromatic rings. The van der Waals surface area contributed by atoms with Crippen molar-refractivity contribution in [2.24, 2.45) is 4.99 Å². The molecule has 0 saturated carbocycles. The Morgan fingerprint density at radius 3 is 2.58 bits per heavy atom. The van der Waals surface area contributed by atoms with Crippen molar-refractivity contribution >= 4 is 11.6 Å². The molecule has 2 aromatic carbocycles. The molecule has 0 bridgehead atoms. The number of fused-ring (bicyclic) bond motifs is 1. The molecule has 4 nitrogen and oxygen atoms in total. The molecule has 0 saturated heterocycles. The van der Waals surface area contributed by atoms with Crippen molar-refractivity contribution in [2.45, 2.75) is 26.7 Å². The molecule has 0 atom stereocenters. The Hall–Kier alpha value is -3.14. The third-order valence-corrected chi connectivity index (χ3v) is 4.48. The van der Waals surface area contributed by atoms with Crippen molar-refractivity contribution in [1.82, 2.24) is 9.97 Å². The lowest BCUT2D eigenvalue weighted by atomic mass is 9.95. The van der Waals surface area contributed by atoms with Crippen molar-refractivity contribution in [2.75, 3.05) is 0 Å². The summed E-state index contributed by atoms with van der Waals surface area (Å²) < 4.78 is 0. The van der Waals surface area contributed by atoms with E-state index in [1.54, 1.807) is 0 Å². The highest BCUT2D eigenvalue weighted by atomic mass is 16.1. The minimum absolute atomic E-state index is 0.169. The quantitative estimate of drug-likeness (QED) is 0.719. The average molecular weight is 341 g/mol. The second-order valence-corrected chi connectivity index (χ2v) is 6.67. The van der Waals surface area contributed by atoms with Gasteiger partial charge in [0.15, 0.2) is 0 Å². The Kier molecular flexibility index (Phi) is 4.17. The number of benzene rings is 2. The van der Waals surface area contributed by atoms with Crippen LogP contribution in [-0.4, -0.2) is 21.6 Å². The standard InChI is InChI=1S/C22H19N3O/c1-14-8-9-19-17(10-14)12-18(24-22(19)26)13-21-23-15(2)11-20(25-21)16-6-4-3-5-7-16/h3-11H,12-13H2,1-2H3. The SMILES string of the molecule is Cc1ccc2c(c1)CC(Cc1nc(C)cc(-c3ccccc3)n1)=NC2=O. The number of aromatic nitrogens is 2. The summed E-state index contributed by atoms with van der Waals surface area (Å²) >= 11 is 0. The molecule has 0 fully saturated rings. The lowest BCUT2D eigenvalue weighted by Crippen LogP contribution is -2.19. The number of aryl methyl sites for hydroxylation is 2. The van der Waals surface area contributed by atoms with Crippen LogP contribution in [0, 0.1) is 13.8 Å². The lowest BCUT2D eigenvalue weighted by molar-refractivity contribution is 0.1000.